The zero-order chi connectivity index (χ0) is 22.5. The molecule has 5 rings (SSSR count). The van der Waals surface area contributed by atoms with Gasteiger partial charge in [-0.2, -0.15) is 4.98 Å². The predicted molar refractivity (Wildman–Crippen MR) is 121 cm³/mol. The molecule has 32 heavy (non-hydrogen) atoms. The quantitative estimate of drug-likeness (QED) is 0.540. The van der Waals surface area contributed by atoms with E-state index in [0.29, 0.717) is 34.4 Å². The summed E-state index contributed by atoms with van der Waals surface area (Å²) in [5.41, 5.74) is 2.85. The number of nitrogens with zero attached hydrogens (tertiary/aromatic N) is 3. The molecule has 0 unspecified atom stereocenters. The lowest BCUT2D eigenvalue weighted by atomic mass is 9.73. The molecule has 0 saturated carbocycles. The molecule has 0 spiro atoms. The number of aromatic nitrogens is 3. The molecule has 3 aromatic rings. The lowest BCUT2D eigenvalue weighted by Crippen LogP contribution is -2.36. The fraction of sp³-hybridized carbons (Fsp3) is 0.292. The van der Waals surface area contributed by atoms with E-state index in [1.807, 2.05) is 0 Å². The number of benzene rings is 2. The molecule has 8 heteroatoms. The van der Waals surface area contributed by atoms with Gasteiger partial charge in [0.25, 0.3) is 0 Å². The number of phenols is 1. The highest BCUT2D eigenvalue weighted by Crippen LogP contribution is 2.45. The molecule has 1 aromatic heterocycles. The summed E-state index contributed by atoms with van der Waals surface area (Å²) in [6.45, 7) is 4.17. The Bertz CT molecular complexity index is 1230. The first-order valence-corrected chi connectivity index (χ1v) is 11.4. The van der Waals surface area contributed by atoms with Gasteiger partial charge in [-0.3, -0.25) is 4.79 Å². The van der Waals surface area contributed by atoms with Crippen LogP contribution in [0.2, 0.25) is 0 Å². The number of ketones is 1. The number of aromatic hydroxyl groups is 1. The van der Waals surface area contributed by atoms with Crippen molar-refractivity contribution in [1.29, 1.82) is 0 Å². The van der Waals surface area contributed by atoms with Gasteiger partial charge < -0.3 is 10.4 Å². The number of nitrogens with one attached hydrogen (secondary N) is 1. The Hall–Kier alpha value is -3.13. The first-order valence-electron chi connectivity index (χ1n) is 10.5. The fourth-order valence-corrected chi connectivity index (χ4v) is 5.19. The first-order chi connectivity index (χ1) is 15.3. The molecule has 6 nitrogen and oxygen atoms in total. The fourth-order valence-electron chi connectivity index (χ4n) is 4.37. The van der Waals surface area contributed by atoms with Gasteiger partial charge in [-0.25, -0.2) is 9.07 Å². The van der Waals surface area contributed by atoms with Crippen molar-refractivity contribution in [2.45, 2.75) is 43.6 Å². The van der Waals surface area contributed by atoms with Gasteiger partial charge in [0.2, 0.25) is 11.1 Å². The standard InChI is InChI=1S/C24H23FN4O2S/c1-24(2)11-18-20(19(31)12-24)21(14-7-9-16(30)10-8-14)29-22(26-18)27-23(28-29)32-13-15-5-3-4-6-17(15)25/h3-10,21,30H,11-13H2,1-2H3,(H,26,27,28)/t21-/m1/s1. The van der Waals surface area contributed by atoms with Crippen LogP contribution in [0.25, 0.3) is 0 Å². The summed E-state index contributed by atoms with van der Waals surface area (Å²) in [5, 5.41) is 18.3. The summed E-state index contributed by atoms with van der Waals surface area (Å²) in [6.07, 6.45) is 1.19. The molecule has 0 fully saturated rings. The molecule has 164 valence electrons. The Balaban J connectivity index is 1.53. The van der Waals surface area contributed by atoms with E-state index < -0.39 is 6.04 Å². The van der Waals surface area contributed by atoms with Crippen molar-refractivity contribution < 1.29 is 14.3 Å². The van der Waals surface area contributed by atoms with Gasteiger partial charge in [-0.05, 0) is 41.2 Å². The monoisotopic (exact) mass is 450 g/mol. The number of Topliss-reactive ketones (excluding diaryl/α,β-unsaturated/α-hetero) is 1. The number of hydrogen-bond acceptors (Lipinski definition) is 6. The lowest BCUT2D eigenvalue weighted by Gasteiger charge is -2.38. The van der Waals surface area contributed by atoms with Crippen molar-refractivity contribution in [3.8, 4) is 5.75 Å². The molecule has 0 amide bonds. The van der Waals surface area contributed by atoms with Crippen molar-refractivity contribution in [2.75, 3.05) is 5.32 Å². The second-order valence-corrected chi connectivity index (χ2v) is 9.94. The second-order valence-electron chi connectivity index (χ2n) is 8.99. The third-order valence-electron chi connectivity index (χ3n) is 5.84. The number of anilines is 1. The van der Waals surface area contributed by atoms with E-state index >= 15 is 0 Å². The summed E-state index contributed by atoms with van der Waals surface area (Å²) >= 11 is 1.35. The lowest BCUT2D eigenvalue weighted by molar-refractivity contribution is -0.118. The van der Waals surface area contributed by atoms with Crippen LogP contribution >= 0.6 is 11.8 Å². The Morgan fingerprint density at radius 3 is 2.69 bits per heavy atom. The summed E-state index contributed by atoms with van der Waals surface area (Å²) in [4.78, 5) is 17.8. The van der Waals surface area contributed by atoms with Gasteiger partial charge in [0.15, 0.2) is 5.78 Å². The highest BCUT2D eigenvalue weighted by molar-refractivity contribution is 7.98. The summed E-state index contributed by atoms with van der Waals surface area (Å²) in [5.74, 6) is 0.952. The molecule has 2 aliphatic rings. The van der Waals surface area contributed by atoms with Gasteiger partial charge >= 0.3 is 0 Å². The maximum absolute atomic E-state index is 14.0. The van der Waals surface area contributed by atoms with E-state index in [0.717, 1.165) is 17.7 Å². The van der Waals surface area contributed by atoms with Crippen LogP contribution in [0.15, 0.2) is 65.0 Å². The highest BCUT2D eigenvalue weighted by Gasteiger charge is 2.41. The summed E-state index contributed by atoms with van der Waals surface area (Å²) in [6, 6.07) is 13.1. The van der Waals surface area contributed by atoms with Gasteiger partial charge in [0.05, 0.1) is 0 Å². The zero-order valence-corrected chi connectivity index (χ0v) is 18.6. The van der Waals surface area contributed by atoms with Crippen molar-refractivity contribution in [2.24, 2.45) is 5.41 Å². The Kier molecular flexibility index (Phi) is 5.04. The number of carbonyl (C=O) groups is 1. The van der Waals surface area contributed by atoms with Crippen LogP contribution in [0.3, 0.4) is 0 Å². The minimum absolute atomic E-state index is 0.0866. The molecule has 1 aliphatic heterocycles. The number of fused-ring (bicyclic) bond motifs is 1. The van der Waals surface area contributed by atoms with Crippen LogP contribution in [0.5, 0.6) is 5.75 Å². The van der Waals surface area contributed by atoms with Crippen molar-refractivity contribution in [1.82, 2.24) is 14.8 Å². The van der Waals surface area contributed by atoms with E-state index in [9.17, 15) is 14.3 Å². The molecule has 0 bridgehead atoms. The number of hydrogen-bond donors (Lipinski definition) is 2. The Morgan fingerprint density at radius 1 is 1.19 bits per heavy atom. The van der Waals surface area contributed by atoms with E-state index in [1.54, 1.807) is 47.1 Å². The first kappa shape index (κ1) is 20.8. The molecule has 0 saturated heterocycles. The van der Waals surface area contributed by atoms with E-state index in [1.165, 1.54) is 17.8 Å². The van der Waals surface area contributed by atoms with E-state index in [2.05, 4.69) is 29.2 Å². The summed E-state index contributed by atoms with van der Waals surface area (Å²) < 4.78 is 15.7. The predicted octanol–water partition coefficient (Wildman–Crippen LogP) is 5.07. The maximum atomic E-state index is 14.0. The van der Waals surface area contributed by atoms with Crippen LogP contribution in [0, 0.1) is 11.2 Å². The van der Waals surface area contributed by atoms with Crippen LogP contribution in [-0.2, 0) is 10.5 Å². The summed E-state index contributed by atoms with van der Waals surface area (Å²) in [7, 11) is 0. The average molecular weight is 451 g/mol. The molecule has 1 atom stereocenters. The number of thioether (sulfide) groups is 1. The van der Waals surface area contributed by atoms with Gasteiger partial charge in [-0.1, -0.05) is 55.9 Å². The number of carbonyl (C=O) groups excluding carboxylic acids is 1. The molecule has 1 aliphatic carbocycles. The molecule has 2 aromatic carbocycles. The molecule has 2 heterocycles. The SMILES string of the molecule is CC1(C)CC(=O)C2=C(C1)Nc1nc(SCc3ccccc3F)nn1[C@@H]2c1ccc(O)cc1. The van der Waals surface area contributed by atoms with Gasteiger partial charge in [0.1, 0.15) is 17.6 Å². The minimum Gasteiger partial charge on any atom is -0.508 e. The average Bonchev–Trinajstić information content (AvgIpc) is 3.14. The largest absolute Gasteiger partial charge is 0.508 e. The number of phenolic OH excluding ortho intramolecular Hbond substituents is 1. The van der Waals surface area contributed by atoms with Crippen LogP contribution in [0.4, 0.5) is 10.3 Å². The number of halogens is 1. The zero-order valence-electron chi connectivity index (χ0n) is 17.8. The van der Waals surface area contributed by atoms with E-state index in [4.69, 9.17) is 0 Å². The normalized spacial score (nSPS) is 19.3. The van der Waals surface area contributed by atoms with Gasteiger partial charge in [-0.15, -0.1) is 5.10 Å². The molecular weight excluding hydrogens is 427 g/mol. The topological polar surface area (TPSA) is 80.0 Å². The van der Waals surface area contributed by atoms with Crippen LogP contribution in [0.1, 0.15) is 43.9 Å². The van der Waals surface area contributed by atoms with Crippen molar-refractivity contribution in [3.63, 3.8) is 0 Å². The highest BCUT2D eigenvalue weighted by atomic mass is 32.2. The van der Waals surface area contributed by atoms with Crippen LogP contribution < -0.4 is 5.32 Å². The second kappa shape index (κ2) is 7.78. The third kappa shape index (κ3) is 3.79. The molecular formula is C24H23FN4O2S. The van der Waals surface area contributed by atoms with Crippen molar-refractivity contribution >= 4 is 23.5 Å². The van der Waals surface area contributed by atoms with Crippen molar-refractivity contribution in [3.05, 3.63) is 76.7 Å². The van der Waals surface area contributed by atoms with Crippen LogP contribution in [-0.4, -0.2) is 25.7 Å². The Labute approximate surface area is 189 Å². The molecule has 2 N–H and O–H groups in total. The smallest absolute Gasteiger partial charge is 0.227 e. The van der Waals surface area contributed by atoms with E-state index in [-0.39, 0.29) is 22.8 Å². The Morgan fingerprint density at radius 2 is 1.94 bits per heavy atom. The maximum Gasteiger partial charge on any atom is 0.227 e. The third-order valence-corrected chi connectivity index (χ3v) is 6.72. The van der Waals surface area contributed by atoms with Gasteiger partial charge in [0, 0.05) is 23.4 Å². The number of rotatable bonds is 4. The molecule has 0 radical (unpaired) electrons. The minimum atomic E-state index is -0.430. The number of allylic oxidation sites excluding steroid dienone is 2.